The number of amidine groups is 1. The van der Waals surface area contributed by atoms with Gasteiger partial charge in [0.1, 0.15) is 11.9 Å². The van der Waals surface area contributed by atoms with Gasteiger partial charge in [0.15, 0.2) is 0 Å². The molecule has 0 aliphatic carbocycles. The molecule has 4 N–H and O–H groups in total. The highest BCUT2D eigenvalue weighted by Gasteiger charge is 2.32. The fraction of sp³-hybridized carbons (Fsp3) is 0.667. The van der Waals surface area contributed by atoms with Crippen LogP contribution in [-0.2, 0) is 14.3 Å². The smallest absolute Gasteiger partial charge is 0.244 e. The van der Waals surface area contributed by atoms with Crippen LogP contribution in [0, 0.1) is 0 Å². The van der Waals surface area contributed by atoms with Gasteiger partial charge in [0.2, 0.25) is 11.8 Å². The average molecular weight is 244 g/mol. The van der Waals surface area contributed by atoms with Gasteiger partial charge in [0.25, 0.3) is 0 Å². The van der Waals surface area contributed by atoms with E-state index >= 15 is 0 Å². The van der Waals surface area contributed by atoms with Crippen LogP contribution in [0.3, 0.4) is 0 Å². The number of nitrogens with zero attached hydrogens (tertiary/aromatic N) is 2. The Morgan fingerprint density at radius 1 is 1.65 bits per heavy atom. The highest BCUT2D eigenvalue weighted by Crippen LogP contribution is 2.09. The minimum absolute atomic E-state index is 0.154. The number of carbonyl (C=O) groups is 2. The van der Waals surface area contributed by atoms with Gasteiger partial charge in [-0.25, -0.2) is 0 Å². The van der Waals surface area contributed by atoms with Crippen molar-refractivity contribution < 1.29 is 19.5 Å². The van der Waals surface area contributed by atoms with E-state index in [4.69, 9.17) is 15.7 Å². The molecule has 0 radical (unpaired) electrons. The minimum atomic E-state index is -0.659. The SMILES string of the molecule is CNC(=O)C1COCCN1C(=O)CC(N)=NO. The standard InChI is InChI=1S/C9H16N4O4/c1-11-9(15)6-5-17-3-2-13(6)8(14)4-7(10)12-16/h6,16H,2-5H2,1H3,(H2,10,12)(H,11,15). The van der Waals surface area contributed by atoms with E-state index in [9.17, 15) is 9.59 Å². The molecule has 1 aliphatic rings. The Labute approximate surface area is 98.4 Å². The van der Waals surface area contributed by atoms with Crippen LogP contribution >= 0.6 is 0 Å². The fourth-order valence-corrected chi connectivity index (χ4v) is 1.58. The molecule has 96 valence electrons. The van der Waals surface area contributed by atoms with Crippen LogP contribution in [0.4, 0.5) is 0 Å². The van der Waals surface area contributed by atoms with E-state index in [1.165, 1.54) is 11.9 Å². The summed E-state index contributed by atoms with van der Waals surface area (Å²) < 4.78 is 5.15. The van der Waals surface area contributed by atoms with E-state index in [1.54, 1.807) is 0 Å². The maximum atomic E-state index is 11.8. The number of carbonyl (C=O) groups excluding carboxylic acids is 2. The molecule has 8 nitrogen and oxygen atoms in total. The van der Waals surface area contributed by atoms with Gasteiger partial charge in [-0.1, -0.05) is 5.16 Å². The number of hydrogen-bond acceptors (Lipinski definition) is 5. The van der Waals surface area contributed by atoms with Crippen LogP contribution in [-0.4, -0.2) is 60.6 Å². The molecule has 8 heteroatoms. The molecule has 0 aromatic heterocycles. The molecule has 0 spiro atoms. The second-order valence-corrected chi connectivity index (χ2v) is 3.56. The van der Waals surface area contributed by atoms with Gasteiger partial charge in [-0.3, -0.25) is 9.59 Å². The molecule has 1 aliphatic heterocycles. The van der Waals surface area contributed by atoms with Gasteiger partial charge in [0, 0.05) is 13.6 Å². The lowest BCUT2D eigenvalue weighted by Crippen LogP contribution is -2.55. The van der Waals surface area contributed by atoms with Crippen molar-refractivity contribution in [2.75, 3.05) is 26.8 Å². The topological polar surface area (TPSA) is 117 Å². The van der Waals surface area contributed by atoms with E-state index in [0.717, 1.165) is 0 Å². The highest BCUT2D eigenvalue weighted by molar-refractivity contribution is 6.00. The molecule has 17 heavy (non-hydrogen) atoms. The second kappa shape index (κ2) is 6.04. The Hall–Kier alpha value is -1.83. The predicted octanol–water partition coefficient (Wildman–Crippen LogP) is -1.90. The number of likely N-dealkylation sites (N-methyl/N-ethyl adjacent to an activating group) is 1. The molecule has 1 heterocycles. The van der Waals surface area contributed by atoms with Gasteiger partial charge in [-0.15, -0.1) is 0 Å². The van der Waals surface area contributed by atoms with E-state index in [0.29, 0.717) is 13.2 Å². The molecule has 1 unspecified atom stereocenters. The first-order chi connectivity index (χ1) is 8.10. The Balaban J connectivity index is 2.70. The number of hydrogen-bond donors (Lipinski definition) is 3. The molecule has 0 saturated carbocycles. The van der Waals surface area contributed by atoms with E-state index in [-0.39, 0.29) is 30.7 Å². The first-order valence-corrected chi connectivity index (χ1v) is 5.15. The van der Waals surface area contributed by atoms with Crippen molar-refractivity contribution in [1.29, 1.82) is 0 Å². The number of ether oxygens (including phenoxy) is 1. The van der Waals surface area contributed by atoms with E-state index in [1.807, 2.05) is 0 Å². The van der Waals surface area contributed by atoms with Crippen molar-refractivity contribution in [1.82, 2.24) is 10.2 Å². The number of nitrogens with one attached hydrogen (secondary N) is 1. The molecule has 1 fully saturated rings. The lowest BCUT2D eigenvalue weighted by atomic mass is 10.2. The Morgan fingerprint density at radius 3 is 2.94 bits per heavy atom. The summed E-state index contributed by atoms with van der Waals surface area (Å²) in [5.41, 5.74) is 5.26. The summed E-state index contributed by atoms with van der Waals surface area (Å²) in [5.74, 6) is -0.841. The molecular formula is C9H16N4O4. The lowest BCUT2D eigenvalue weighted by Gasteiger charge is -2.34. The van der Waals surface area contributed by atoms with Crippen LogP contribution in [0.25, 0.3) is 0 Å². The quantitative estimate of drug-likeness (QED) is 0.232. The average Bonchev–Trinajstić information content (AvgIpc) is 2.37. The first kappa shape index (κ1) is 13.2. The molecule has 1 saturated heterocycles. The Bertz CT molecular complexity index is 331. The predicted molar refractivity (Wildman–Crippen MR) is 58.4 cm³/mol. The van der Waals surface area contributed by atoms with Gasteiger partial charge in [0.05, 0.1) is 19.6 Å². The largest absolute Gasteiger partial charge is 0.409 e. The Kier molecular flexibility index (Phi) is 4.70. The number of nitrogens with two attached hydrogens (primary N) is 1. The minimum Gasteiger partial charge on any atom is -0.409 e. The normalized spacial score (nSPS) is 21.1. The maximum Gasteiger partial charge on any atom is 0.244 e. The van der Waals surface area contributed by atoms with Crippen molar-refractivity contribution in [3.8, 4) is 0 Å². The van der Waals surface area contributed by atoms with Crippen LogP contribution in [0.2, 0.25) is 0 Å². The maximum absolute atomic E-state index is 11.8. The number of rotatable bonds is 3. The van der Waals surface area contributed by atoms with E-state index in [2.05, 4.69) is 10.5 Å². The number of morpholine rings is 1. The zero-order chi connectivity index (χ0) is 12.8. The van der Waals surface area contributed by atoms with E-state index < -0.39 is 6.04 Å². The van der Waals surface area contributed by atoms with Crippen molar-refractivity contribution in [2.24, 2.45) is 10.9 Å². The zero-order valence-corrected chi connectivity index (χ0v) is 9.55. The van der Waals surface area contributed by atoms with Crippen molar-refractivity contribution in [2.45, 2.75) is 12.5 Å². The van der Waals surface area contributed by atoms with Gasteiger partial charge >= 0.3 is 0 Å². The number of oxime groups is 1. The van der Waals surface area contributed by atoms with Crippen molar-refractivity contribution in [3.05, 3.63) is 0 Å². The monoisotopic (exact) mass is 244 g/mol. The molecule has 0 aromatic rings. The summed E-state index contributed by atoms with van der Waals surface area (Å²) >= 11 is 0. The highest BCUT2D eigenvalue weighted by atomic mass is 16.5. The summed E-state index contributed by atoms with van der Waals surface area (Å²) in [4.78, 5) is 24.7. The third kappa shape index (κ3) is 3.31. The Morgan fingerprint density at radius 2 is 2.35 bits per heavy atom. The molecule has 2 amide bonds. The van der Waals surface area contributed by atoms with Gasteiger partial charge in [-0.2, -0.15) is 0 Å². The van der Waals surface area contributed by atoms with Gasteiger partial charge < -0.3 is 25.9 Å². The first-order valence-electron chi connectivity index (χ1n) is 5.15. The van der Waals surface area contributed by atoms with Crippen molar-refractivity contribution >= 4 is 17.6 Å². The molecule has 1 rings (SSSR count). The van der Waals surface area contributed by atoms with Crippen LogP contribution in [0.5, 0.6) is 0 Å². The number of amides is 2. The van der Waals surface area contributed by atoms with Gasteiger partial charge in [-0.05, 0) is 0 Å². The molecule has 1 atom stereocenters. The van der Waals surface area contributed by atoms with Crippen LogP contribution in [0.1, 0.15) is 6.42 Å². The molecule has 0 bridgehead atoms. The zero-order valence-electron chi connectivity index (χ0n) is 9.55. The summed E-state index contributed by atoms with van der Waals surface area (Å²) in [6, 6.07) is -0.659. The van der Waals surface area contributed by atoms with Crippen LogP contribution in [0.15, 0.2) is 5.16 Å². The summed E-state index contributed by atoms with van der Waals surface area (Å²) in [6.07, 6.45) is -0.218. The molecular weight excluding hydrogens is 228 g/mol. The fourth-order valence-electron chi connectivity index (χ4n) is 1.58. The third-order valence-electron chi connectivity index (χ3n) is 2.46. The lowest BCUT2D eigenvalue weighted by molar-refractivity contribution is -0.147. The second-order valence-electron chi connectivity index (χ2n) is 3.56. The molecule has 0 aromatic carbocycles. The van der Waals surface area contributed by atoms with Crippen molar-refractivity contribution in [3.63, 3.8) is 0 Å². The summed E-state index contributed by atoms with van der Waals surface area (Å²) in [7, 11) is 1.49. The summed E-state index contributed by atoms with van der Waals surface area (Å²) in [6.45, 7) is 0.840. The summed E-state index contributed by atoms with van der Waals surface area (Å²) in [5, 5.41) is 13.6. The third-order valence-corrected chi connectivity index (χ3v) is 2.46. The van der Waals surface area contributed by atoms with Crippen LogP contribution < -0.4 is 11.1 Å².